The van der Waals surface area contributed by atoms with E-state index in [9.17, 15) is 0 Å². The van der Waals surface area contributed by atoms with Crippen LogP contribution in [-0.4, -0.2) is 26.4 Å². The molecule has 2 aromatic rings. The number of hydrogen-bond acceptors (Lipinski definition) is 3. The Morgan fingerprint density at radius 2 is 2.25 bits per heavy atom. The van der Waals surface area contributed by atoms with E-state index in [1.54, 1.807) is 0 Å². The third-order valence-corrected chi connectivity index (χ3v) is 2.69. The predicted molar refractivity (Wildman–Crippen MR) is 61.9 cm³/mol. The maximum absolute atomic E-state index is 4.16. The van der Waals surface area contributed by atoms with Gasteiger partial charge in [-0.05, 0) is 13.1 Å². The summed E-state index contributed by atoms with van der Waals surface area (Å²) < 4.78 is 4.08. The van der Waals surface area contributed by atoms with Crippen molar-refractivity contribution in [3.8, 4) is 0 Å². The van der Waals surface area contributed by atoms with Gasteiger partial charge in [-0.2, -0.15) is 5.10 Å². The van der Waals surface area contributed by atoms with E-state index >= 15 is 0 Å². The van der Waals surface area contributed by atoms with Crippen LogP contribution in [0.1, 0.15) is 11.4 Å². The molecule has 0 spiro atoms. The van der Waals surface area contributed by atoms with E-state index in [-0.39, 0.29) is 0 Å². The zero-order valence-corrected chi connectivity index (χ0v) is 9.72. The van der Waals surface area contributed by atoms with Gasteiger partial charge in [-0.25, -0.2) is 4.98 Å². The van der Waals surface area contributed by atoms with Gasteiger partial charge in [-0.15, -0.1) is 0 Å². The van der Waals surface area contributed by atoms with E-state index < -0.39 is 0 Å². The second kappa shape index (κ2) is 4.94. The molecule has 86 valence electrons. The van der Waals surface area contributed by atoms with Crippen LogP contribution in [0.5, 0.6) is 0 Å². The molecule has 0 aliphatic carbocycles. The van der Waals surface area contributed by atoms with Crippen LogP contribution in [0.25, 0.3) is 0 Å². The molecule has 0 fully saturated rings. The number of nitrogens with one attached hydrogen (secondary N) is 1. The topological polar surface area (TPSA) is 47.7 Å². The molecule has 16 heavy (non-hydrogen) atoms. The summed E-state index contributed by atoms with van der Waals surface area (Å²) in [6.07, 6.45) is 6.59. The van der Waals surface area contributed by atoms with Crippen LogP contribution in [0, 0.1) is 0 Å². The molecular weight excluding hydrogens is 202 g/mol. The van der Waals surface area contributed by atoms with Gasteiger partial charge in [-0.1, -0.05) is 0 Å². The van der Waals surface area contributed by atoms with Gasteiger partial charge in [0.25, 0.3) is 0 Å². The van der Waals surface area contributed by atoms with Crippen molar-refractivity contribution in [2.75, 3.05) is 7.05 Å². The summed E-state index contributed by atoms with van der Waals surface area (Å²) in [5.74, 6) is 0. The van der Waals surface area contributed by atoms with Crippen molar-refractivity contribution < 1.29 is 0 Å². The number of imidazole rings is 1. The molecule has 2 heterocycles. The zero-order valence-electron chi connectivity index (χ0n) is 9.72. The second-order valence-electron chi connectivity index (χ2n) is 3.80. The van der Waals surface area contributed by atoms with Crippen molar-refractivity contribution in [1.29, 1.82) is 0 Å². The van der Waals surface area contributed by atoms with Gasteiger partial charge in [-0.3, -0.25) is 4.68 Å². The molecule has 5 heteroatoms. The first-order valence-electron chi connectivity index (χ1n) is 5.41. The van der Waals surface area contributed by atoms with Crippen molar-refractivity contribution in [3.63, 3.8) is 0 Å². The molecule has 2 rings (SSSR count). The third kappa shape index (κ3) is 2.30. The van der Waals surface area contributed by atoms with E-state index in [1.165, 1.54) is 11.4 Å². The minimum absolute atomic E-state index is 0.853. The monoisotopic (exact) mass is 219 g/mol. The van der Waals surface area contributed by atoms with Gasteiger partial charge in [0, 0.05) is 44.6 Å². The van der Waals surface area contributed by atoms with Gasteiger partial charge in [0.1, 0.15) is 0 Å². The first-order chi connectivity index (χ1) is 7.81. The van der Waals surface area contributed by atoms with Crippen molar-refractivity contribution in [2.24, 2.45) is 7.05 Å². The van der Waals surface area contributed by atoms with Gasteiger partial charge >= 0.3 is 0 Å². The number of rotatable bonds is 5. The Balaban J connectivity index is 1.99. The summed E-state index contributed by atoms with van der Waals surface area (Å²) in [6.45, 7) is 1.79. The van der Waals surface area contributed by atoms with E-state index in [1.807, 2.05) is 37.5 Å². The molecule has 0 aliphatic rings. The molecule has 0 aromatic carbocycles. The third-order valence-electron chi connectivity index (χ3n) is 2.69. The number of hydrogen-bond donors (Lipinski definition) is 1. The standard InChI is InChI=1S/C11H17N5/c1-12-7-11-8-13-9-16(11)6-4-10-3-5-14-15(10)2/h3,5,8-9,12H,4,6-7H2,1-2H3. The number of nitrogens with zero attached hydrogens (tertiary/aromatic N) is 4. The highest BCUT2D eigenvalue weighted by atomic mass is 15.3. The van der Waals surface area contributed by atoms with E-state index in [2.05, 4.69) is 26.0 Å². The summed E-state index contributed by atoms with van der Waals surface area (Å²) in [5, 5.41) is 7.29. The molecule has 1 N–H and O–H groups in total. The van der Waals surface area contributed by atoms with Crippen LogP contribution in [0.3, 0.4) is 0 Å². The first-order valence-corrected chi connectivity index (χ1v) is 5.41. The highest BCUT2D eigenvalue weighted by Gasteiger charge is 2.03. The largest absolute Gasteiger partial charge is 0.333 e. The second-order valence-corrected chi connectivity index (χ2v) is 3.80. The van der Waals surface area contributed by atoms with Crippen molar-refractivity contribution in [3.05, 3.63) is 36.2 Å². The first kappa shape index (κ1) is 10.9. The smallest absolute Gasteiger partial charge is 0.0948 e. The predicted octanol–water partition coefficient (Wildman–Crippen LogP) is 0.579. The molecule has 0 unspecified atom stereocenters. The molecule has 0 saturated carbocycles. The zero-order chi connectivity index (χ0) is 11.4. The molecule has 0 atom stereocenters. The molecule has 2 aromatic heterocycles. The molecule has 0 amide bonds. The molecule has 0 radical (unpaired) electrons. The fraction of sp³-hybridized carbons (Fsp3) is 0.455. The molecular formula is C11H17N5. The van der Waals surface area contributed by atoms with E-state index in [4.69, 9.17) is 0 Å². The average molecular weight is 219 g/mol. The minimum atomic E-state index is 0.853. The van der Waals surface area contributed by atoms with Crippen molar-refractivity contribution >= 4 is 0 Å². The van der Waals surface area contributed by atoms with Crippen molar-refractivity contribution in [1.82, 2.24) is 24.6 Å². The normalized spacial score (nSPS) is 10.9. The van der Waals surface area contributed by atoms with Crippen LogP contribution in [0.2, 0.25) is 0 Å². The maximum atomic E-state index is 4.16. The summed E-state index contributed by atoms with van der Waals surface area (Å²) in [5.41, 5.74) is 2.45. The number of aryl methyl sites for hydroxylation is 3. The highest BCUT2D eigenvalue weighted by Crippen LogP contribution is 2.03. The van der Waals surface area contributed by atoms with Gasteiger partial charge in [0.2, 0.25) is 0 Å². The lowest BCUT2D eigenvalue weighted by atomic mass is 10.3. The molecule has 0 saturated heterocycles. The number of aromatic nitrogens is 4. The lowest BCUT2D eigenvalue weighted by Gasteiger charge is -2.07. The fourth-order valence-corrected chi connectivity index (χ4v) is 1.76. The lowest BCUT2D eigenvalue weighted by molar-refractivity contribution is 0.606. The van der Waals surface area contributed by atoms with Gasteiger partial charge in [0.05, 0.1) is 12.0 Å². The summed E-state index contributed by atoms with van der Waals surface area (Å²) in [4.78, 5) is 4.16. The van der Waals surface area contributed by atoms with Crippen LogP contribution in [0.4, 0.5) is 0 Å². The summed E-state index contributed by atoms with van der Waals surface area (Å²) in [6, 6.07) is 2.05. The average Bonchev–Trinajstić information content (AvgIpc) is 2.86. The molecule has 0 aliphatic heterocycles. The maximum Gasteiger partial charge on any atom is 0.0948 e. The lowest BCUT2D eigenvalue weighted by Crippen LogP contribution is -2.12. The summed E-state index contributed by atoms with van der Waals surface area (Å²) >= 11 is 0. The quantitative estimate of drug-likeness (QED) is 0.800. The molecule has 0 bridgehead atoms. The SMILES string of the molecule is CNCc1cncn1CCc1ccnn1C. The molecule has 5 nitrogen and oxygen atoms in total. The van der Waals surface area contributed by atoms with Crippen molar-refractivity contribution in [2.45, 2.75) is 19.5 Å². The summed E-state index contributed by atoms with van der Waals surface area (Å²) in [7, 11) is 3.91. The minimum Gasteiger partial charge on any atom is -0.333 e. The van der Waals surface area contributed by atoms with Crippen LogP contribution in [-0.2, 0) is 26.6 Å². The Kier molecular flexibility index (Phi) is 3.36. The van der Waals surface area contributed by atoms with Crippen LogP contribution in [0.15, 0.2) is 24.8 Å². The Labute approximate surface area is 95.1 Å². The Bertz CT molecular complexity index is 443. The Hall–Kier alpha value is -1.62. The van der Waals surface area contributed by atoms with Gasteiger partial charge < -0.3 is 9.88 Å². The van der Waals surface area contributed by atoms with Crippen LogP contribution >= 0.6 is 0 Å². The van der Waals surface area contributed by atoms with Crippen LogP contribution < -0.4 is 5.32 Å². The Morgan fingerprint density at radius 1 is 1.38 bits per heavy atom. The van der Waals surface area contributed by atoms with Gasteiger partial charge in [0.15, 0.2) is 0 Å². The Morgan fingerprint density at radius 3 is 2.94 bits per heavy atom. The fourth-order valence-electron chi connectivity index (χ4n) is 1.76. The van der Waals surface area contributed by atoms with E-state index in [0.29, 0.717) is 0 Å². The highest BCUT2D eigenvalue weighted by molar-refractivity contribution is 5.02. The van der Waals surface area contributed by atoms with E-state index in [0.717, 1.165) is 19.5 Å².